The molecule has 0 saturated carbocycles. The Bertz CT molecular complexity index is 496. The smallest absolute Gasteiger partial charge is 0.268 e. The van der Waals surface area contributed by atoms with Gasteiger partial charge in [-0.2, -0.15) is 4.98 Å². The summed E-state index contributed by atoms with van der Waals surface area (Å²) in [5.41, 5.74) is 0. The third-order valence-corrected chi connectivity index (χ3v) is 4.04. The van der Waals surface area contributed by atoms with E-state index in [-0.39, 0.29) is 0 Å². The van der Waals surface area contributed by atoms with Crippen LogP contribution in [0.2, 0.25) is 0 Å². The average molecular weight is 264 g/mol. The minimum absolute atomic E-state index is 0.516. The summed E-state index contributed by atoms with van der Waals surface area (Å²) in [6.07, 6.45) is 0. The van der Waals surface area contributed by atoms with Crippen LogP contribution in [0.3, 0.4) is 0 Å². The molecule has 2 aromatic rings. The Kier molecular flexibility index (Phi) is 3.40. The lowest BCUT2D eigenvalue weighted by Gasteiger charge is -2.32. The van der Waals surface area contributed by atoms with Gasteiger partial charge in [0.15, 0.2) is 5.82 Å². The van der Waals surface area contributed by atoms with Crippen molar-refractivity contribution in [3.05, 3.63) is 23.3 Å². The van der Waals surface area contributed by atoms with E-state index in [2.05, 4.69) is 27.3 Å². The molecule has 1 N–H and O–H groups in total. The van der Waals surface area contributed by atoms with Crippen molar-refractivity contribution in [3.8, 4) is 10.8 Å². The van der Waals surface area contributed by atoms with Gasteiger partial charge in [-0.15, -0.1) is 11.3 Å². The van der Waals surface area contributed by atoms with Gasteiger partial charge in [0.05, 0.1) is 11.4 Å². The van der Waals surface area contributed by atoms with Crippen LogP contribution in [0, 0.1) is 0 Å². The van der Waals surface area contributed by atoms with Gasteiger partial charge >= 0.3 is 0 Å². The quantitative estimate of drug-likeness (QED) is 0.912. The second kappa shape index (κ2) is 5.17. The number of hydrogen-bond acceptors (Lipinski definition) is 6. The normalized spacial score (nSPS) is 21.3. The van der Waals surface area contributed by atoms with Gasteiger partial charge in [0, 0.05) is 25.7 Å². The Morgan fingerprint density at radius 1 is 1.61 bits per heavy atom. The van der Waals surface area contributed by atoms with Gasteiger partial charge in [-0.25, -0.2) is 0 Å². The van der Waals surface area contributed by atoms with Crippen LogP contribution in [0.15, 0.2) is 22.0 Å². The zero-order chi connectivity index (χ0) is 12.4. The predicted octanol–water partition coefficient (Wildman–Crippen LogP) is 1.59. The Morgan fingerprint density at radius 2 is 2.56 bits per heavy atom. The van der Waals surface area contributed by atoms with Gasteiger partial charge in [-0.3, -0.25) is 4.90 Å². The highest BCUT2D eigenvalue weighted by Gasteiger charge is 2.20. The van der Waals surface area contributed by atoms with Crippen LogP contribution in [-0.4, -0.2) is 40.7 Å². The monoisotopic (exact) mass is 264 g/mol. The Labute approximate surface area is 110 Å². The summed E-state index contributed by atoms with van der Waals surface area (Å²) in [5, 5.41) is 9.44. The van der Waals surface area contributed by atoms with Gasteiger partial charge < -0.3 is 9.84 Å². The fraction of sp³-hybridized carbons (Fsp3) is 0.500. The van der Waals surface area contributed by atoms with Crippen LogP contribution < -0.4 is 5.32 Å². The third-order valence-electron chi connectivity index (χ3n) is 3.18. The lowest BCUT2D eigenvalue weighted by Crippen LogP contribution is -2.49. The van der Waals surface area contributed by atoms with Crippen LogP contribution >= 0.6 is 11.3 Å². The molecule has 18 heavy (non-hydrogen) atoms. The maximum Gasteiger partial charge on any atom is 0.268 e. The first-order chi connectivity index (χ1) is 8.83. The molecule has 0 spiro atoms. The number of aromatic nitrogens is 2. The molecular weight excluding hydrogens is 248 g/mol. The van der Waals surface area contributed by atoms with Crippen LogP contribution in [0.1, 0.15) is 12.7 Å². The molecule has 1 atom stereocenters. The molecule has 0 bridgehead atoms. The van der Waals surface area contributed by atoms with Crippen molar-refractivity contribution in [2.45, 2.75) is 19.5 Å². The van der Waals surface area contributed by atoms with Gasteiger partial charge in [-0.05, 0) is 18.4 Å². The van der Waals surface area contributed by atoms with Crippen LogP contribution in [0.25, 0.3) is 10.8 Å². The number of thiophene rings is 1. The molecule has 3 heterocycles. The average Bonchev–Trinajstić information content (AvgIpc) is 3.02. The van der Waals surface area contributed by atoms with Crippen molar-refractivity contribution < 1.29 is 4.52 Å². The van der Waals surface area contributed by atoms with Gasteiger partial charge in [0.25, 0.3) is 5.89 Å². The molecule has 96 valence electrons. The second-order valence-electron chi connectivity index (χ2n) is 4.52. The molecule has 2 aromatic heterocycles. The van der Waals surface area contributed by atoms with E-state index in [1.807, 2.05) is 17.5 Å². The summed E-state index contributed by atoms with van der Waals surface area (Å²) in [5.74, 6) is 1.40. The van der Waals surface area contributed by atoms with Gasteiger partial charge in [-0.1, -0.05) is 11.2 Å². The highest BCUT2D eigenvalue weighted by molar-refractivity contribution is 7.13. The summed E-state index contributed by atoms with van der Waals surface area (Å²) < 4.78 is 5.29. The highest BCUT2D eigenvalue weighted by Crippen LogP contribution is 2.22. The zero-order valence-corrected chi connectivity index (χ0v) is 11.1. The third kappa shape index (κ3) is 2.45. The molecule has 3 rings (SSSR count). The Hall–Kier alpha value is -1.24. The molecule has 0 amide bonds. The number of rotatable bonds is 3. The molecule has 0 radical (unpaired) electrons. The molecule has 0 unspecified atom stereocenters. The minimum atomic E-state index is 0.516. The Balaban J connectivity index is 1.70. The molecule has 0 aromatic carbocycles. The van der Waals surface area contributed by atoms with Crippen molar-refractivity contribution in [2.24, 2.45) is 0 Å². The number of hydrogen-bond donors (Lipinski definition) is 1. The van der Waals surface area contributed by atoms with E-state index in [4.69, 9.17) is 4.52 Å². The maximum atomic E-state index is 5.29. The molecular formula is C12H16N4OS. The first-order valence-corrected chi connectivity index (χ1v) is 7.02. The van der Waals surface area contributed by atoms with Gasteiger partial charge in [0.2, 0.25) is 0 Å². The Morgan fingerprint density at radius 3 is 3.33 bits per heavy atom. The lowest BCUT2D eigenvalue weighted by molar-refractivity contribution is 0.160. The van der Waals surface area contributed by atoms with Crippen LogP contribution in [-0.2, 0) is 6.54 Å². The van der Waals surface area contributed by atoms with Crippen molar-refractivity contribution in [2.75, 3.05) is 19.6 Å². The lowest BCUT2D eigenvalue weighted by atomic mass is 10.2. The van der Waals surface area contributed by atoms with Crippen molar-refractivity contribution in [1.82, 2.24) is 20.4 Å². The van der Waals surface area contributed by atoms with E-state index in [0.717, 1.165) is 36.9 Å². The number of nitrogens with one attached hydrogen (secondary N) is 1. The number of nitrogens with zero attached hydrogens (tertiary/aromatic N) is 3. The van der Waals surface area contributed by atoms with Gasteiger partial charge in [0.1, 0.15) is 0 Å². The van der Waals surface area contributed by atoms with Crippen LogP contribution in [0.4, 0.5) is 0 Å². The van der Waals surface area contributed by atoms with Crippen molar-refractivity contribution in [3.63, 3.8) is 0 Å². The van der Waals surface area contributed by atoms with Crippen LogP contribution in [0.5, 0.6) is 0 Å². The minimum Gasteiger partial charge on any atom is -0.333 e. The summed E-state index contributed by atoms with van der Waals surface area (Å²) in [6.45, 7) is 6.06. The molecule has 5 nitrogen and oxygen atoms in total. The fourth-order valence-electron chi connectivity index (χ4n) is 2.12. The summed E-state index contributed by atoms with van der Waals surface area (Å²) in [7, 11) is 0. The molecule has 6 heteroatoms. The zero-order valence-electron chi connectivity index (χ0n) is 10.3. The summed E-state index contributed by atoms with van der Waals surface area (Å²) in [4.78, 5) is 7.86. The van der Waals surface area contributed by atoms with Crippen molar-refractivity contribution >= 4 is 11.3 Å². The van der Waals surface area contributed by atoms with E-state index in [1.165, 1.54) is 0 Å². The molecule has 1 aliphatic rings. The maximum absolute atomic E-state index is 5.29. The first-order valence-electron chi connectivity index (χ1n) is 6.14. The van der Waals surface area contributed by atoms with Crippen molar-refractivity contribution in [1.29, 1.82) is 0 Å². The fourth-order valence-corrected chi connectivity index (χ4v) is 2.76. The predicted molar refractivity (Wildman–Crippen MR) is 70.4 cm³/mol. The van der Waals surface area contributed by atoms with E-state index in [1.54, 1.807) is 11.3 Å². The number of piperazine rings is 1. The summed E-state index contributed by atoms with van der Waals surface area (Å²) >= 11 is 1.62. The highest BCUT2D eigenvalue weighted by atomic mass is 32.1. The van der Waals surface area contributed by atoms with E-state index in [9.17, 15) is 0 Å². The molecule has 1 aliphatic heterocycles. The SMILES string of the molecule is C[C@H]1CNCCN1Cc1noc(-c2cccs2)n1. The molecule has 1 fully saturated rings. The molecule has 0 aliphatic carbocycles. The van der Waals surface area contributed by atoms with E-state index >= 15 is 0 Å². The first kappa shape index (κ1) is 11.8. The van der Waals surface area contributed by atoms with E-state index < -0.39 is 0 Å². The topological polar surface area (TPSA) is 54.2 Å². The van der Waals surface area contributed by atoms with E-state index in [0.29, 0.717) is 11.9 Å². The molecule has 1 saturated heterocycles. The largest absolute Gasteiger partial charge is 0.333 e. The second-order valence-corrected chi connectivity index (χ2v) is 5.46. The standard InChI is InChI=1S/C12H16N4OS/c1-9-7-13-4-5-16(9)8-11-14-12(17-15-11)10-3-2-6-18-10/h2-3,6,9,13H,4-5,7-8H2,1H3/t9-/m0/s1. The summed E-state index contributed by atoms with van der Waals surface area (Å²) in [6, 6.07) is 4.50.